The van der Waals surface area contributed by atoms with Crippen molar-refractivity contribution in [1.29, 1.82) is 0 Å². The summed E-state index contributed by atoms with van der Waals surface area (Å²) < 4.78 is 14.5. The van der Waals surface area contributed by atoms with Gasteiger partial charge in [0, 0.05) is 12.7 Å². The summed E-state index contributed by atoms with van der Waals surface area (Å²) in [6, 6.07) is 9.50. The van der Waals surface area contributed by atoms with Crippen LogP contribution in [-0.4, -0.2) is 27.3 Å². The van der Waals surface area contributed by atoms with Gasteiger partial charge in [-0.2, -0.15) is 16.4 Å². The fraction of sp³-hybridized carbons (Fsp3) is 0.176. The summed E-state index contributed by atoms with van der Waals surface area (Å²) >= 11 is 1.50. The second kappa shape index (κ2) is 7.37. The van der Waals surface area contributed by atoms with Crippen LogP contribution < -0.4 is 5.32 Å². The molecule has 0 saturated heterocycles. The van der Waals surface area contributed by atoms with E-state index in [9.17, 15) is 14.3 Å². The minimum atomic E-state index is -0.711. The molecule has 3 aromatic rings. The minimum absolute atomic E-state index is 0.116. The van der Waals surface area contributed by atoms with E-state index >= 15 is 0 Å². The lowest BCUT2D eigenvalue weighted by atomic mass is 10.2. The Morgan fingerprint density at radius 3 is 2.79 bits per heavy atom. The number of nitrogens with one attached hydrogen (secondary N) is 1. The van der Waals surface area contributed by atoms with E-state index in [2.05, 4.69) is 10.4 Å². The first kappa shape index (κ1) is 16.4. The Morgan fingerprint density at radius 1 is 1.29 bits per heavy atom. The van der Waals surface area contributed by atoms with Crippen molar-refractivity contribution in [2.24, 2.45) is 0 Å². The third-order valence-electron chi connectivity index (χ3n) is 3.50. The van der Waals surface area contributed by atoms with E-state index in [4.69, 9.17) is 0 Å². The van der Waals surface area contributed by atoms with Crippen LogP contribution in [0.4, 0.5) is 4.39 Å². The Labute approximate surface area is 142 Å². The zero-order chi connectivity index (χ0) is 16.9. The molecule has 124 valence electrons. The predicted octanol–water partition coefficient (Wildman–Crippen LogP) is 2.47. The number of amides is 1. The van der Waals surface area contributed by atoms with Crippen LogP contribution in [0.15, 0.2) is 53.4 Å². The van der Waals surface area contributed by atoms with Gasteiger partial charge in [0.15, 0.2) is 0 Å². The van der Waals surface area contributed by atoms with Crippen molar-refractivity contribution in [3.8, 4) is 5.69 Å². The number of rotatable bonds is 6. The molecule has 1 atom stereocenters. The zero-order valence-corrected chi connectivity index (χ0v) is 13.5. The highest BCUT2D eigenvalue weighted by Crippen LogP contribution is 2.15. The predicted molar refractivity (Wildman–Crippen MR) is 89.5 cm³/mol. The van der Waals surface area contributed by atoms with Crippen molar-refractivity contribution in [2.75, 3.05) is 6.54 Å². The minimum Gasteiger partial charge on any atom is -0.387 e. The highest BCUT2D eigenvalue weighted by molar-refractivity contribution is 7.07. The number of hydrogen-bond acceptors (Lipinski definition) is 4. The van der Waals surface area contributed by atoms with Crippen LogP contribution in [0.1, 0.15) is 17.4 Å². The summed E-state index contributed by atoms with van der Waals surface area (Å²) in [5.41, 5.74) is 2.11. The van der Waals surface area contributed by atoms with E-state index in [-0.39, 0.29) is 24.7 Å². The molecule has 0 saturated carbocycles. The molecule has 0 radical (unpaired) electrons. The van der Waals surface area contributed by atoms with Crippen LogP contribution in [0, 0.1) is 5.82 Å². The first-order valence-electron chi connectivity index (χ1n) is 7.39. The molecular formula is C17H16FN3O2S. The topological polar surface area (TPSA) is 67.2 Å². The normalized spacial score (nSPS) is 12.1. The summed E-state index contributed by atoms with van der Waals surface area (Å²) in [6.07, 6.45) is 1.12. The molecule has 7 heteroatoms. The molecule has 2 aromatic heterocycles. The van der Waals surface area contributed by atoms with Crippen molar-refractivity contribution >= 4 is 17.2 Å². The van der Waals surface area contributed by atoms with Crippen LogP contribution in [-0.2, 0) is 11.2 Å². The molecule has 2 N–H and O–H groups in total. The van der Waals surface area contributed by atoms with Gasteiger partial charge in [0.2, 0.25) is 5.91 Å². The van der Waals surface area contributed by atoms with E-state index in [1.54, 1.807) is 29.1 Å². The molecule has 2 heterocycles. The molecule has 0 unspecified atom stereocenters. The first-order valence-corrected chi connectivity index (χ1v) is 8.33. The SMILES string of the molecule is O=C(Cc1ccn(-c2ccc(F)cc2)n1)NC[C@@H](O)c1ccsc1. The first-order chi connectivity index (χ1) is 11.6. The Bertz CT molecular complexity index is 800. The summed E-state index contributed by atoms with van der Waals surface area (Å²) in [6.45, 7) is 0.161. The van der Waals surface area contributed by atoms with Crippen molar-refractivity contribution in [2.45, 2.75) is 12.5 Å². The van der Waals surface area contributed by atoms with Gasteiger partial charge in [-0.25, -0.2) is 9.07 Å². The smallest absolute Gasteiger partial charge is 0.226 e. The number of halogens is 1. The van der Waals surface area contributed by atoms with Crippen LogP contribution in [0.5, 0.6) is 0 Å². The van der Waals surface area contributed by atoms with E-state index in [1.807, 2.05) is 16.8 Å². The maximum absolute atomic E-state index is 12.9. The lowest BCUT2D eigenvalue weighted by Crippen LogP contribution is -2.29. The monoisotopic (exact) mass is 345 g/mol. The third kappa shape index (κ3) is 4.06. The molecule has 0 aliphatic carbocycles. The van der Waals surface area contributed by atoms with E-state index in [0.29, 0.717) is 5.69 Å². The van der Waals surface area contributed by atoms with Gasteiger partial charge in [-0.1, -0.05) is 0 Å². The molecule has 5 nitrogen and oxygen atoms in total. The molecule has 0 spiro atoms. The Hall–Kier alpha value is -2.51. The molecule has 1 aromatic carbocycles. The average Bonchev–Trinajstić information content (AvgIpc) is 3.25. The van der Waals surface area contributed by atoms with Crippen molar-refractivity contribution in [3.63, 3.8) is 0 Å². The van der Waals surface area contributed by atoms with Crippen LogP contribution >= 0.6 is 11.3 Å². The van der Waals surface area contributed by atoms with Gasteiger partial charge in [-0.05, 0) is 52.7 Å². The van der Waals surface area contributed by atoms with Crippen LogP contribution in [0.2, 0.25) is 0 Å². The summed E-state index contributed by atoms with van der Waals surface area (Å²) in [4.78, 5) is 12.0. The van der Waals surface area contributed by atoms with Crippen molar-refractivity contribution in [1.82, 2.24) is 15.1 Å². The Kier molecular flexibility index (Phi) is 5.02. The number of carbonyl (C=O) groups is 1. The number of carbonyl (C=O) groups excluding carboxylic acids is 1. The van der Waals surface area contributed by atoms with Gasteiger partial charge in [0.1, 0.15) is 5.82 Å². The molecule has 0 bridgehead atoms. The molecule has 3 rings (SSSR count). The molecule has 24 heavy (non-hydrogen) atoms. The lowest BCUT2D eigenvalue weighted by Gasteiger charge is -2.10. The van der Waals surface area contributed by atoms with Gasteiger partial charge in [0.05, 0.1) is 23.9 Å². The molecule has 0 fully saturated rings. The van der Waals surface area contributed by atoms with Gasteiger partial charge < -0.3 is 10.4 Å². The number of aromatic nitrogens is 2. The maximum Gasteiger partial charge on any atom is 0.226 e. The van der Waals surface area contributed by atoms with Crippen LogP contribution in [0.3, 0.4) is 0 Å². The highest BCUT2D eigenvalue weighted by Gasteiger charge is 2.11. The fourth-order valence-electron chi connectivity index (χ4n) is 2.21. The highest BCUT2D eigenvalue weighted by atomic mass is 32.1. The third-order valence-corrected chi connectivity index (χ3v) is 4.20. The van der Waals surface area contributed by atoms with Gasteiger partial charge in [-0.3, -0.25) is 4.79 Å². The van der Waals surface area contributed by atoms with Gasteiger partial charge >= 0.3 is 0 Å². The standard InChI is InChI=1S/C17H16FN3O2S/c18-13-1-3-15(4-2-13)21-7-5-14(20-21)9-17(23)19-10-16(22)12-6-8-24-11-12/h1-8,11,16,22H,9-10H2,(H,19,23)/t16-/m1/s1. The average molecular weight is 345 g/mol. The molecule has 1 amide bonds. The fourth-order valence-corrected chi connectivity index (χ4v) is 2.92. The lowest BCUT2D eigenvalue weighted by molar-refractivity contribution is -0.120. The summed E-state index contributed by atoms with van der Waals surface area (Å²) in [5, 5.41) is 20.7. The number of thiophene rings is 1. The van der Waals surface area contributed by atoms with Gasteiger partial charge in [-0.15, -0.1) is 0 Å². The zero-order valence-electron chi connectivity index (χ0n) is 12.7. The number of hydrogen-bond donors (Lipinski definition) is 2. The quantitative estimate of drug-likeness (QED) is 0.721. The number of benzene rings is 1. The van der Waals surface area contributed by atoms with Gasteiger partial charge in [0.25, 0.3) is 0 Å². The second-order valence-electron chi connectivity index (χ2n) is 5.28. The summed E-state index contributed by atoms with van der Waals surface area (Å²) in [7, 11) is 0. The molecular weight excluding hydrogens is 329 g/mol. The number of nitrogens with zero attached hydrogens (tertiary/aromatic N) is 2. The van der Waals surface area contributed by atoms with E-state index < -0.39 is 6.10 Å². The largest absolute Gasteiger partial charge is 0.387 e. The Balaban J connectivity index is 1.54. The Morgan fingerprint density at radius 2 is 2.08 bits per heavy atom. The molecule has 0 aliphatic heterocycles. The van der Waals surface area contributed by atoms with Crippen molar-refractivity contribution in [3.05, 3.63) is 70.4 Å². The number of aliphatic hydroxyl groups excluding tert-OH is 1. The second-order valence-corrected chi connectivity index (χ2v) is 6.06. The van der Waals surface area contributed by atoms with Crippen molar-refractivity contribution < 1.29 is 14.3 Å². The summed E-state index contributed by atoms with van der Waals surface area (Å²) in [5.74, 6) is -0.525. The number of aliphatic hydroxyl groups is 1. The van der Waals surface area contributed by atoms with Crippen LogP contribution in [0.25, 0.3) is 5.69 Å². The van der Waals surface area contributed by atoms with E-state index in [1.165, 1.54) is 23.5 Å². The molecule has 0 aliphatic rings. The van der Waals surface area contributed by atoms with E-state index in [0.717, 1.165) is 11.3 Å². The maximum atomic E-state index is 12.9.